The predicted octanol–water partition coefficient (Wildman–Crippen LogP) is 18.1. The van der Waals surface area contributed by atoms with E-state index in [1.165, 1.54) is 118 Å². The van der Waals surface area contributed by atoms with Gasteiger partial charge in [0, 0.05) is 47.7 Å². The van der Waals surface area contributed by atoms with Crippen LogP contribution in [0.25, 0.3) is 113 Å². The molecular formula is C62H38N2S. The standard InChI is InChI=1S/C62H38N2S/c1-4-18-47-40(14-1)17-13-25-48(47)43-29-28-39-30-31-45(35-44(39)34-43)63(59-37-42-16-3-6-20-50(42)62-61(59)54-24-10-12-27-60(54)65-62)46-32-33-57-55(38-46)53-23-9-11-26-56(53)64(57)58-36-41-15-2-5-19-49(41)51-21-7-8-22-52(51)58/h1-38H. The predicted molar refractivity (Wildman–Crippen MR) is 281 cm³/mol. The van der Waals surface area contributed by atoms with E-state index >= 15 is 0 Å². The average Bonchev–Trinajstić information content (AvgIpc) is 3.92. The summed E-state index contributed by atoms with van der Waals surface area (Å²) in [5, 5.41) is 17.4. The summed E-state index contributed by atoms with van der Waals surface area (Å²) in [6, 6.07) is 85.5. The van der Waals surface area contributed by atoms with Crippen LogP contribution in [0.15, 0.2) is 231 Å². The second kappa shape index (κ2) is 14.1. The van der Waals surface area contributed by atoms with Crippen LogP contribution in [0.3, 0.4) is 0 Å². The van der Waals surface area contributed by atoms with E-state index < -0.39 is 0 Å². The van der Waals surface area contributed by atoms with E-state index in [0.717, 1.165) is 11.4 Å². The zero-order valence-corrected chi connectivity index (χ0v) is 36.1. The van der Waals surface area contributed by atoms with Crippen molar-refractivity contribution < 1.29 is 0 Å². The molecular weight excluding hydrogens is 805 g/mol. The summed E-state index contributed by atoms with van der Waals surface area (Å²) < 4.78 is 5.09. The van der Waals surface area contributed by atoms with Crippen LogP contribution < -0.4 is 4.90 Å². The Labute approximate surface area is 379 Å². The molecule has 65 heavy (non-hydrogen) atoms. The topological polar surface area (TPSA) is 8.17 Å². The molecule has 2 nitrogen and oxygen atoms in total. The number of rotatable bonds is 5. The summed E-state index contributed by atoms with van der Waals surface area (Å²) in [6.07, 6.45) is 0. The molecule has 2 heterocycles. The van der Waals surface area contributed by atoms with Crippen LogP contribution in [0, 0.1) is 0 Å². The Bertz CT molecular complexity index is 4260. The molecule has 0 spiro atoms. The van der Waals surface area contributed by atoms with E-state index in [0.29, 0.717) is 0 Å². The highest BCUT2D eigenvalue weighted by Crippen LogP contribution is 2.49. The van der Waals surface area contributed by atoms with Crippen LogP contribution in [0.4, 0.5) is 17.1 Å². The van der Waals surface area contributed by atoms with Crippen molar-refractivity contribution in [2.45, 2.75) is 0 Å². The number of aromatic nitrogens is 1. The molecule has 0 radical (unpaired) electrons. The maximum Gasteiger partial charge on any atom is 0.0561 e. The smallest absolute Gasteiger partial charge is 0.0561 e. The van der Waals surface area contributed by atoms with E-state index in [1.807, 2.05) is 11.3 Å². The normalized spacial score (nSPS) is 12.0. The van der Waals surface area contributed by atoms with Gasteiger partial charge in [-0.1, -0.05) is 170 Å². The molecule has 14 rings (SSSR count). The van der Waals surface area contributed by atoms with E-state index in [-0.39, 0.29) is 0 Å². The van der Waals surface area contributed by atoms with Gasteiger partial charge in [-0.3, -0.25) is 0 Å². The number of fused-ring (bicyclic) bond motifs is 13. The van der Waals surface area contributed by atoms with Gasteiger partial charge in [0.1, 0.15) is 0 Å². The number of hydrogen-bond acceptors (Lipinski definition) is 2. The molecule has 12 aromatic carbocycles. The summed E-state index contributed by atoms with van der Waals surface area (Å²) in [5.74, 6) is 0. The van der Waals surface area contributed by atoms with Crippen LogP contribution in [-0.4, -0.2) is 4.57 Å². The lowest BCUT2D eigenvalue weighted by Crippen LogP contribution is -2.10. The van der Waals surface area contributed by atoms with Gasteiger partial charge in [0.25, 0.3) is 0 Å². The lowest BCUT2D eigenvalue weighted by molar-refractivity contribution is 1.20. The number of hydrogen-bond donors (Lipinski definition) is 0. The quantitative estimate of drug-likeness (QED) is 0.157. The Balaban J connectivity index is 1.05. The van der Waals surface area contributed by atoms with Crippen molar-refractivity contribution in [3.8, 4) is 16.8 Å². The molecule has 302 valence electrons. The molecule has 0 saturated carbocycles. The fraction of sp³-hybridized carbons (Fsp3) is 0. The van der Waals surface area contributed by atoms with Crippen molar-refractivity contribution in [3.05, 3.63) is 231 Å². The maximum absolute atomic E-state index is 2.52. The van der Waals surface area contributed by atoms with Gasteiger partial charge < -0.3 is 9.47 Å². The van der Waals surface area contributed by atoms with Crippen LogP contribution in [-0.2, 0) is 0 Å². The molecule has 14 aromatic rings. The molecule has 0 amide bonds. The first kappa shape index (κ1) is 36.3. The number of thiophene rings is 1. The van der Waals surface area contributed by atoms with Crippen LogP contribution in [0.2, 0.25) is 0 Å². The Morgan fingerprint density at radius 1 is 0.338 bits per heavy atom. The molecule has 0 aliphatic rings. The minimum absolute atomic E-state index is 1.11. The molecule has 0 atom stereocenters. The Hall–Kier alpha value is -8.24. The summed E-state index contributed by atoms with van der Waals surface area (Å²) in [6.45, 7) is 0. The maximum atomic E-state index is 2.52. The summed E-state index contributed by atoms with van der Waals surface area (Å²) in [7, 11) is 0. The molecule has 0 N–H and O–H groups in total. The number of anilines is 3. The first-order chi connectivity index (χ1) is 32.2. The third-order valence-electron chi connectivity index (χ3n) is 13.7. The van der Waals surface area contributed by atoms with Crippen LogP contribution in [0.5, 0.6) is 0 Å². The zero-order valence-electron chi connectivity index (χ0n) is 35.2. The molecule has 3 heteroatoms. The molecule has 2 aromatic heterocycles. The fourth-order valence-corrected chi connectivity index (χ4v) is 12.0. The highest BCUT2D eigenvalue weighted by atomic mass is 32.1. The van der Waals surface area contributed by atoms with Crippen molar-refractivity contribution >= 4 is 124 Å². The van der Waals surface area contributed by atoms with E-state index in [9.17, 15) is 0 Å². The molecule has 0 fully saturated rings. The highest BCUT2D eigenvalue weighted by molar-refractivity contribution is 7.26. The average molecular weight is 843 g/mol. The summed E-state index contributed by atoms with van der Waals surface area (Å²) in [5.41, 5.74) is 9.41. The molecule has 0 aliphatic carbocycles. The second-order valence-corrected chi connectivity index (χ2v) is 18.3. The molecule has 0 unspecified atom stereocenters. The first-order valence-corrected chi connectivity index (χ1v) is 23.1. The van der Waals surface area contributed by atoms with Crippen molar-refractivity contribution in [1.82, 2.24) is 4.57 Å². The van der Waals surface area contributed by atoms with Gasteiger partial charge in [-0.2, -0.15) is 0 Å². The van der Waals surface area contributed by atoms with Gasteiger partial charge in [0.15, 0.2) is 0 Å². The number of nitrogens with zero attached hydrogens (tertiary/aromatic N) is 2. The van der Waals surface area contributed by atoms with Gasteiger partial charge in [-0.15, -0.1) is 11.3 Å². The largest absolute Gasteiger partial charge is 0.310 e. The highest BCUT2D eigenvalue weighted by Gasteiger charge is 2.23. The molecule has 0 bridgehead atoms. The zero-order chi connectivity index (χ0) is 42.6. The fourth-order valence-electron chi connectivity index (χ4n) is 10.7. The minimum atomic E-state index is 1.11. The van der Waals surface area contributed by atoms with Crippen molar-refractivity contribution in [3.63, 3.8) is 0 Å². The van der Waals surface area contributed by atoms with Gasteiger partial charge in [0.05, 0.1) is 22.4 Å². The Kier molecular flexibility index (Phi) is 7.89. The SMILES string of the molecule is c1ccc2c(-c3ccc4ccc(N(c5ccc6c(c5)c5ccccc5n6-c5cc6ccccc6c6ccccc56)c5cc6ccccc6c6sc7ccccc7c56)cc4c3)cccc2c1. The van der Waals surface area contributed by atoms with Crippen molar-refractivity contribution in [2.75, 3.05) is 4.90 Å². The lowest BCUT2D eigenvalue weighted by Gasteiger charge is -2.28. The van der Waals surface area contributed by atoms with E-state index in [1.54, 1.807) is 0 Å². The molecule has 0 aliphatic heterocycles. The summed E-state index contributed by atoms with van der Waals surface area (Å²) in [4.78, 5) is 2.52. The van der Waals surface area contributed by atoms with Gasteiger partial charge >= 0.3 is 0 Å². The van der Waals surface area contributed by atoms with Crippen LogP contribution >= 0.6 is 11.3 Å². The monoisotopic (exact) mass is 842 g/mol. The number of benzene rings is 12. The third kappa shape index (κ3) is 5.53. The minimum Gasteiger partial charge on any atom is -0.310 e. The lowest BCUT2D eigenvalue weighted by atomic mass is 9.96. The summed E-state index contributed by atoms with van der Waals surface area (Å²) >= 11 is 1.89. The van der Waals surface area contributed by atoms with Crippen molar-refractivity contribution in [2.24, 2.45) is 0 Å². The van der Waals surface area contributed by atoms with Crippen LogP contribution in [0.1, 0.15) is 0 Å². The molecule has 0 saturated heterocycles. The van der Waals surface area contributed by atoms with Crippen molar-refractivity contribution in [1.29, 1.82) is 0 Å². The first-order valence-electron chi connectivity index (χ1n) is 22.3. The third-order valence-corrected chi connectivity index (χ3v) is 14.9. The Morgan fingerprint density at radius 2 is 0.954 bits per heavy atom. The van der Waals surface area contributed by atoms with Gasteiger partial charge in [-0.25, -0.2) is 0 Å². The number of para-hydroxylation sites is 1. The Morgan fingerprint density at radius 3 is 1.82 bits per heavy atom. The van der Waals surface area contributed by atoms with Gasteiger partial charge in [0.2, 0.25) is 0 Å². The van der Waals surface area contributed by atoms with Gasteiger partial charge in [-0.05, 0) is 120 Å². The second-order valence-electron chi connectivity index (χ2n) is 17.2. The van der Waals surface area contributed by atoms with E-state index in [4.69, 9.17) is 0 Å². The van der Waals surface area contributed by atoms with E-state index in [2.05, 4.69) is 240 Å².